The van der Waals surface area contributed by atoms with Gasteiger partial charge in [-0.1, -0.05) is 40.3 Å². The third kappa shape index (κ3) is 5.98. The van der Waals surface area contributed by atoms with Gasteiger partial charge in [-0.25, -0.2) is 4.98 Å². The molecule has 7 heteroatoms. The standard InChI is InChI=1S/C24H27BrN2O3S/c1-2-4-23(28)30-20-6-3-5-19(16-20)29-14-11-17-9-12-27(13-10-17)24-26-21-8-7-18(25)15-22(21)31-24/h3,5-8,15-17H,2,4,9-14H2,1H3. The summed E-state index contributed by atoms with van der Waals surface area (Å²) in [5.41, 5.74) is 1.07. The van der Waals surface area contributed by atoms with Crippen LogP contribution >= 0.6 is 27.3 Å². The van der Waals surface area contributed by atoms with E-state index in [1.165, 1.54) is 4.70 Å². The molecule has 31 heavy (non-hydrogen) atoms. The van der Waals surface area contributed by atoms with Crippen LogP contribution in [0.2, 0.25) is 0 Å². The lowest BCUT2D eigenvalue weighted by Crippen LogP contribution is -2.34. The van der Waals surface area contributed by atoms with E-state index in [1.807, 2.05) is 25.1 Å². The molecule has 1 saturated heterocycles. The molecule has 0 saturated carbocycles. The zero-order valence-electron chi connectivity index (χ0n) is 17.7. The first kappa shape index (κ1) is 22.1. The van der Waals surface area contributed by atoms with Gasteiger partial charge in [0.2, 0.25) is 0 Å². The molecular formula is C24H27BrN2O3S. The van der Waals surface area contributed by atoms with Gasteiger partial charge in [-0.3, -0.25) is 4.79 Å². The van der Waals surface area contributed by atoms with Crippen LogP contribution < -0.4 is 14.4 Å². The van der Waals surface area contributed by atoms with Gasteiger partial charge >= 0.3 is 5.97 Å². The number of anilines is 1. The zero-order valence-corrected chi connectivity index (χ0v) is 20.1. The monoisotopic (exact) mass is 502 g/mol. The summed E-state index contributed by atoms with van der Waals surface area (Å²) in [7, 11) is 0. The van der Waals surface area contributed by atoms with Crippen molar-refractivity contribution in [3.05, 3.63) is 46.9 Å². The molecule has 0 unspecified atom stereocenters. The molecule has 4 rings (SSSR count). The average molecular weight is 503 g/mol. The van der Waals surface area contributed by atoms with E-state index in [-0.39, 0.29) is 5.97 Å². The molecule has 0 amide bonds. The molecule has 0 atom stereocenters. The molecule has 1 aromatic heterocycles. The summed E-state index contributed by atoms with van der Waals surface area (Å²) < 4.78 is 13.6. The largest absolute Gasteiger partial charge is 0.493 e. The van der Waals surface area contributed by atoms with Crippen molar-refractivity contribution in [2.24, 2.45) is 5.92 Å². The first-order valence-electron chi connectivity index (χ1n) is 10.9. The van der Waals surface area contributed by atoms with Gasteiger partial charge in [0, 0.05) is 30.0 Å². The Bertz CT molecular complexity index is 1030. The van der Waals surface area contributed by atoms with Gasteiger partial charge in [0.1, 0.15) is 11.5 Å². The van der Waals surface area contributed by atoms with E-state index < -0.39 is 0 Å². The number of nitrogens with zero attached hydrogens (tertiary/aromatic N) is 2. The van der Waals surface area contributed by atoms with Crippen LogP contribution in [0.25, 0.3) is 10.2 Å². The molecule has 2 aromatic carbocycles. The maximum Gasteiger partial charge on any atom is 0.311 e. The molecule has 0 aliphatic carbocycles. The van der Waals surface area contributed by atoms with Crippen molar-refractivity contribution < 1.29 is 14.3 Å². The highest BCUT2D eigenvalue weighted by molar-refractivity contribution is 9.10. The Kier molecular flexibility index (Phi) is 7.45. The number of hydrogen-bond donors (Lipinski definition) is 0. The molecule has 0 N–H and O–H groups in total. The second kappa shape index (κ2) is 10.5. The number of aromatic nitrogens is 1. The highest BCUT2D eigenvalue weighted by Crippen LogP contribution is 2.33. The smallest absolute Gasteiger partial charge is 0.311 e. The Hall–Kier alpha value is -2.12. The highest BCUT2D eigenvalue weighted by atomic mass is 79.9. The zero-order chi connectivity index (χ0) is 21.6. The lowest BCUT2D eigenvalue weighted by molar-refractivity contribution is -0.134. The Morgan fingerprint density at radius 3 is 2.81 bits per heavy atom. The number of thiazole rings is 1. The van der Waals surface area contributed by atoms with Gasteiger partial charge in [0.15, 0.2) is 5.13 Å². The lowest BCUT2D eigenvalue weighted by atomic mass is 9.94. The first-order valence-corrected chi connectivity index (χ1v) is 12.5. The Morgan fingerprint density at radius 1 is 1.19 bits per heavy atom. The number of benzene rings is 2. The third-order valence-corrected chi connectivity index (χ3v) is 7.08. The summed E-state index contributed by atoms with van der Waals surface area (Å²) in [6, 6.07) is 13.6. The molecule has 164 valence electrons. The number of hydrogen-bond acceptors (Lipinski definition) is 6. The third-order valence-electron chi connectivity index (χ3n) is 5.51. The number of carbonyl (C=O) groups excluding carboxylic acids is 1. The quantitative estimate of drug-likeness (QED) is 0.261. The number of ether oxygens (including phenoxy) is 2. The average Bonchev–Trinajstić information content (AvgIpc) is 3.18. The van der Waals surface area contributed by atoms with Crippen LogP contribution in [-0.2, 0) is 4.79 Å². The van der Waals surface area contributed by atoms with Crippen LogP contribution in [-0.4, -0.2) is 30.6 Å². The first-order chi connectivity index (χ1) is 15.1. The molecule has 2 heterocycles. The van der Waals surface area contributed by atoms with E-state index in [0.29, 0.717) is 24.7 Å². The van der Waals surface area contributed by atoms with Crippen LogP contribution in [0.5, 0.6) is 11.5 Å². The van der Waals surface area contributed by atoms with Gasteiger partial charge in [0.25, 0.3) is 0 Å². The number of rotatable bonds is 8. The fraction of sp³-hybridized carbons (Fsp3) is 0.417. The van der Waals surface area contributed by atoms with Crippen LogP contribution in [0, 0.1) is 5.92 Å². The minimum atomic E-state index is -0.202. The summed E-state index contributed by atoms with van der Waals surface area (Å²) in [5, 5.41) is 1.12. The molecule has 0 bridgehead atoms. The van der Waals surface area contributed by atoms with E-state index in [1.54, 1.807) is 23.5 Å². The number of piperidine rings is 1. The topological polar surface area (TPSA) is 51.7 Å². The van der Waals surface area contributed by atoms with Crippen molar-refractivity contribution in [3.8, 4) is 11.5 Å². The van der Waals surface area contributed by atoms with Crippen molar-refractivity contribution in [2.75, 3.05) is 24.6 Å². The molecular weight excluding hydrogens is 476 g/mol. The van der Waals surface area contributed by atoms with Crippen molar-refractivity contribution >= 4 is 48.6 Å². The number of esters is 1. The second-order valence-electron chi connectivity index (χ2n) is 7.87. The van der Waals surface area contributed by atoms with Gasteiger partial charge < -0.3 is 14.4 Å². The van der Waals surface area contributed by atoms with Crippen LogP contribution in [0.1, 0.15) is 39.0 Å². The van der Waals surface area contributed by atoms with Gasteiger partial charge in [0.05, 0.1) is 16.8 Å². The van der Waals surface area contributed by atoms with E-state index in [4.69, 9.17) is 14.5 Å². The second-order valence-corrected chi connectivity index (χ2v) is 9.80. The van der Waals surface area contributed by atoms with E-state index in [2.05, 4.69) is 33.0 Å². The summed E-state index contributed by atoms with van der Waals surface area (Å²) in [5.74, 6) is 1.75. The molecule has 0 radical (unpaired) electrons. The van der Waals surface area contributed by atoms with Crippen LogP contribution in [0.15, 0.2) is 46.9 Å². The summed E-state index contributed by atoms with van der Waals surface area (Å²) in [4.78, 5) is 18.9. The Morgan fingerprint density at radius 2 is 2.00 bits per heavy atom. The molecule has 1 aliphatic rings. The molecule has 1 fully saturated rings. The summed E-state index contributed by atoms with van der Waals surface area (Å²) in [6.45, 7) is 4.71. The highest BCUT2D eigenvalue weighted by Gasteiger charge is 2.21. The SMILES string of the molecule is CCCC(=O)Oc1cccc(OCCC2CCN(c3nc4ccc(Br)cc4s3)CC2)c1. The molecule has 3 aromatic rings. The van der Waals surface area contributed by atoms with Gasteiger partial charge in [-0.15, -0.1) is 0 Å². The fourth-order valence-corrected chi connectivity index (χ4v) is 5.36. The van der Waals surface area contributed by atoms with E-state index >= 15 is 0 Å². The lowest BCUT2D eigenvalue weighted by Gasteiger charge is -2.31. The minimum Gasteiger partial charge on any atom is -0.493 e. The van der Waals surface area contributed by atoms with E-state index in [9.17, 15) is 4.79 Å². The maximum absolute atomic E-state index is 11.7. The predicted octanol–water partition coefficient (Wildman–Crippen LogP) is 6.45. The van der Waals surface area contributed by atoms with Gasteiger partial charge in [-0.05, 0) is 61.9 Å². The Labute approximate surface area is 195 Å². The predicted molar refractivity (Wildman–Crippen MR) is 129 cm³/mol. The van der Waals surface area contributed by atoms with Crippen LogP contribution in [0.4, 0.5) is 5.13 Å². The van der Waals surface area contributed by atoms with Crippen LogP contribution in [0.3, 0.4) is 0 Å². The molecule has 1 aliphatic heterocycles. The Balaban J connectivity index is 1.23. The van der Waals surface area contributed by atoms with Crippen molar-refractivity contribution in [3.63, 3.8) is 0 Å². The van der Waals surface area contributed by atoms with E-state index in [0.717, 1.165) is 59.6 Å². The number of carbonyl (C=O) groups is 1. The van der Waals surface area contributed by atoms with Crippen molar-refractivity contribution in [1.29, 1.82) is 0 Å². The summed E-state index contributed by atoms with van der Waals surface area (Å²) >= 11 is 5.31. The van der Waals surface area contributed by atoms with Crippen molar-refractivity contribution in [1.82, 2.24) is 4.98 Å². The molecule has 0 spiro atoms. The number of fused-ring (bicyclic) bond motifs is 1. The van der Waals surface area contributed by atoms with Crippen molar-refractivity contribution in [2.45, 2.75) is 39.0 Å². The summed E-state index contributed by atoms with van der Waals surface area (Å²) in [6.07, 6.45) is 4.54. The number of halogens is 1. The minimum absolute atomic E-state index is 0.202. The normalized spacial score (nSPS) is 14.7. The molecule has 5 nitrogen and oxygen atoms in total. The fourth-order valence-electron chi connectivity index (χ4n) is 3.79. The maximum atomic E-state index is 11.7. The van der Waals surface area contributed by atoms with Gasteiger partial charge in [-0.2, -0.15) is 0 Å².